The summed E-state index contributed by atoms with van der Waals surface area (Å²) in [5.74, 6) is -0.0344. The highest BCUT2D eigenvalue weighted by molar-refractivity contribution is 7.14. The monoisotopic (exact) mass is 390 g/mol. The number of urea groups is 1. The van der Waals surface area contributed by atoms with Gasteiger partial charge in [-0.1, -0.05) is 0 Å². The van der Waals surface area contributed by atoms with Crippen LogP contribution in [0.4, 0.5) is 4.79 Å². The van der Waals surface area contributed by atoms with E-state index in [4.69, 9.17) is 0 Å². The summed E-state index contributed by atoms with van der Waals surface area (Å²) < 4.78 is 0. The van der Waals surface area contributed by atoms with E-state index in [0.717, 1.165) is 36.5 Å². The maximum atomic E-state index is 12.7. The smallest absolute Gasteiger partial charge is 0.320 e. The molecule has 0 N–H and O–H groups in total. The lowest BCUT2D eigenvalue weighted by atomic mass is 10.1. The van der Waals surface area contributed by atoms with E-state index in [1.165, 1.54) is 17.8 Å². The highest BCUT2D eigenvalue weighted by atomic mass is 32.1. The Hall–Kier alpha value is -1.93. The van der Waals surface area contributed by atoms with Crippen molar-refractivity contribution in [3.63, 3.8) is 0 Å². The van der Waals surface area contributed by atoms with Gasteiger partial charge in [0.2, 0.25) is 0 Å². The maximum absolute atomic E-state index is 12.7. The van der Waals surface area contributed by atoms with Crippen molar-refractivity contribution in [2.24, 2.45) is 0 Å². The fourth-order valence-electron chi connectivity index (χ4n) is 3.44. The number of piperidine rings is 1. The zero-order chi connectivity index (χ0) is 17.9. The molecule has 0 bridgehead atoms. The van der Waals surface area contributed by atoms with Crippen molar-refractivity contribution in [1.29, 1.82) is 0 Å². The molecule has 2 aliphatic heterocycles. The summed E-state index contributed by atoms with van der Waals surface area (Å²) in [6.07, 6.45) is 3.41. The Kier molecular flexibility index (Phi) is 5.21. The SMILES string of the molecule is O=C(c1csc(-c2ccsc2)n1)N1CCN(C(=O)N2CCCCC2)CC1. The van der Waals surface area contributed by atoms with Gasteiger partial charge in [-0.25, -0.2) is 9.78 Å². The van der Waals surface area contributed by atoms with Crippen LogP contribution in [0.25, 0.3) is 10.6 Å². The molecule has 0 saturated carbocycles. The lowest BCUT2D eigenvalue weighted by Gasteiger charge is -2.38. The molecule has 0 atom stereocenters. The summed E-state index contributed by atoms with van der Waals surface area (Å²) in [5, 5.41) is 6.77. The Labute approximate surface area is 161 Å². The number of nitrogens with zero attached hydrogens (tertiary/aromatic N) is 4. The van der Waals surface area contributed by atoms with Crippen molar-refractivity contribution in [2.75, 3.05) is 39.3 Å². The summed E-state index contributed by atoms with van der Waals surface area (Å²) in [6.45, 7) is 4.07. The maximum Gasteiger partial charge on any atom is 0.320 e. The Bertz CT molecular complexity index is 760. The Morgan fingerprint density at radius 3 is 2.27 bits per heavy atom. The Morgan fingerprint density at radius 2 is 1.58 bits per heavy atom. The molecule has 6 nitrogen and oxygen atoms in total. The first kappa shape index (κ1) is 17.5. The molecule has 4 heterocycles. The van der Waals surface area contributed by atoms with Gasteiger partial charge in [-0.05, 0) is 30.7 Å². The van der Waals surface area contributed by atoms with Gasteiger partial charge in [-0.15, -0.1) is 11.3 Å². The minimum absolute atomic E-state index is 0.0344. The van der Waals surface area contributed by atoms with Gasteiger partial charge in [-0.3, -0.25) is 4.79 Å². The second kappa shape index (κ2) is 7.75. The van der Waals surface area contributed by atoms with E-state index in [2.05, 4.69) is 4.98 Å². The van der Waals surface area contributed by atoms with Gasteiger partial charge < -0.3 is 14.7 Å². The average molecular weight is 391 g/mol. The third-order valence-corrected chi connectivity index (χ3v) is 6.53. The fraction of sp³-hybridized carbons (Fsp3) is 0.500. The molecule has 2 aliphatic rings. The molecule has 26 heavy (non-hydrogen) atoms. The van der Waals surface area contributed by atoms with Crippen molar-refractivity contribution in [2.45, 2.75) is 19.3 Å². The van der Waals surface area contributed by atoms with Crippen molar-refractivity contribution in [1.82, 2.24) is 19.7 Å². The summed E-state index contributed by atoms with van der Waals surface area (Å²) in [6, 6.07) is 2.15. The minimum Gasteiger partial charge on any atom is -0.334 e. The number of likely N-dealkylation sites (tertiary alicyclic amines) is 1. The second-order valence-electron chi connectivity index (χ2n) is 6.66. The average Bonchev–Trinajstić information content (AvgIpc) is 3.39. The molecule has 2 saturated heterocycles. The van der Waals surface area contributed by atoms with E-state index in [0.29, 0.717) is 31.9 Å². The van der Waals surface area contributed by atoms with Gasteiger partial charge in [0, 0.05) is 55.6 Å². The van der Waals surface area contributed by atoms with E-state index in [9.17, 15) is 9.59 Å². The van der Waals surface area contributed by atoms with Crippen LogP contribution >= 0.6 is 22.7 Å². The molecular formula is C18H22N4O2S2. The Balaban J connectivity index is 1.34. The van der Waals surface area contributed by atoms with Crippen molar-refractivity contribution < 1.29 is 9.59 Å². The number of thiazole rings is 1. The first-order valence-electron chi connectivity index (χ1n) is 9.03. The fourth-order valence-corrected chi connectivity index (χ4v) is 4.94. The topological polar surface area (TPSA) is 56.8 Å². The summed E-state index contributed by atoms with van der Waals surface area (Å²) >= 11 is 3.13. The van der Waals surface area contributed by atoms with Crippen LogP contribution in [-0.2, 0) is 0 Å². The van der Waals surface area contributed by atoms with Gasteiger partial charge in [0.1, 0.15) is 10.7 Å². The quantitative estimate of drug-likeness (QED) is 0.791. The predicted octanol–water partition coefficient (Wildman–Crippen LogP) is 3.24. The normalized spacial score (nSPS) is 18.2. The minimum atomic E-state index is -0.0344. The van der Waals surface area contributed by atoms with Crippen molar-refractivity contribution >= 4 is 34.6 Å². The predicted molar refractivity (Wildman–Crippen MR) is 104 cm³/mol. The van der Waals surface area contributed by atoms with Gasteiger partial charge in [0.25, 0.3) is 5.91 Å². The van der Waals surface area contributed by atoms with Crippen molar-refractivity contribution in [3.05, 3.63) is 27.9 Å². The number of rotatable bonds is 2. The van der Waals surface area contributed by atoms with Crippen LogP contribution in [0.2, 0.25) is 0 Å². The van der Waals surface area contributed by atoms with Crippen LogP contribution in [0.15, 0.2) is 22.2 Å². The second-order valence-corrected chi connectivity index (χ2v) is 8.30. The Morgan fingerprint density at radius 1 is 0.885 bits per heavy atom. The number of carbonyl (C=O) groups is 2. The van der Waals surface area contributed by atoms with Crippen LogP contribution in [0, 0.1) is 0 Å². The molecule has 4 rings (SSSR count). The first-order valence-corrected chi connectivity index (χ1v) is 10.9. The lowest BCUT2D eigenvalue weighted by molar-refractivity contribution is 0.0628. The number of hydrogen-bond acceptors (Lipinski definition) is 5. The third kappa shape index (κ3) is 3.61. The van der Waals surface area contributed by atoms with Crippen LogP contribution < -0.4 is 0 Å². The zero-order valence-corrected chi connectivity index (χ0v) is 16.2. The van der Waals surface area contributed by atoms with E-state index < -0.39 is 0 Å². The van der Waals surface area contributed by atoms with Crippen LogP contribution in [0.5, 0.6) is 0 Å². The van der Waals surface area contributed by atoms with Gasteiger partial charge in [0.05, 0.1) is 0 Å². The summed E-state index contributed by atoms with van der Waals surface area (Å²) in [4.78, 5) is 35.4. The number of aromatic nitrogens is 1. The van der Waals surface area contributed by atoms with E-state index in [-0.39, 0.29) is 11.9 Å². The lowest BCUT2D eigenvalue weighted by Crippen LogP contribution is -2.54. The van der Waals surface area contributed by atoms with Crippen LogP contribution in [-0.4, -0.2) is 70.9 Å². The molecule has 2 fully saturated rings. The molecule has 0 aromatic carbocycles. The van der Waals surface area contributed by atoms with E-state index >= 15 is 0 Å². The number of thiophene rings is 1. The molecule has 138 valence electrons. The molecule has 0 radical (unpaired) electrons. The van der Waals surface area contributed by atoms with Crippen LogP contribution in [0.1, 0.15) is 29.8 Å². The molecule has 0 unspecified atom stereocenters. The van der Waals surface area contributed by atoms with Crippen LogP contribution in [0.3, 0.4) is 0 Å². The van der Waals surface area contributed by atoms with Gasteiger partial charge >= 0.3 is 6.03 Å². The number of amides is 3. The van der Waals surface area contributed by atoms with E-state index in [1.807, 2.05) is 36.9 Å². The molecule has 3 amide bonds. The number of piperazine rings is 1. The third-order valence-electron chi connectivity index (χ3n) is 4.96. The summed E-state index contributed by atoms with van der Waals surface area (Å²) in [7, 11) is 0. The van der Waals surface area contributed by atoms with E-state index in [1.54, 1.807) is 11.3 Å². The molecular weight excluding hydrogens is 368 g/mol. The molecule has 2 aromatic heterocycles. The molecule has 0 aliphatic carbocycles. The molecule has 8 heteroatoms. The highest BCUT2D eigenvalue weighted by Gasteiger charge is 2.29. The van der Waals surface area contributed by atoms with Crippen molar-refractivity contribution in [3.8, 4) is 10.6 Å². The zero-order valence-electron chi connectivity index (χ0n) is 14.6. The first-order chi connectivity index (χ1) is 12.7. The molecule has 2 aromatic rings. The standard InChI is InChI=1S/C18H22N4O2S2/c23-17(15-13-26-16(19-15)14-4-11-25-12-14)20-7-9-22(10-8-20)18(24)21-5-2-1-3-6-21/h4,11-13H,1-3,5-10H2. The summed E-state index contributed by atoms with van der Waals surface area (Å²) in [5.41, 5.74) is 1.57. The van der Waals surface area contributed by atoms with Gasteiger partial charge in [-0.2, -0.15) is 11.3 Å². The van der Waals surface area contributed by atoms with Gasteiger partial charge in [0.15, 0.2) is 0 Å². The number of hydrogen-bond donors (Lipinski definition) is 0. The number of carbonyl (C=O) groups excluding carboxylic acids is 2. The molecule has 0 spiro atoms. The highest BCUT2D eigenvalue weighted by Crippen LogP contribution is 2.26. The largest absolute Gasteiger partial charge is 0.334 e.